The van der Waals surface area contributed by atoms with Gasteiger partial charge in [0.15, 0.2) is 11.6 Å². The van der Waals surface area contributed by atoms with Gasteiger partial charge < -0.3 is 0 Å². The summed E-state index contributed by atoms with van der Waals surface area (Å²) in [6.07, 6.45) is 3.07. The molecular weight excluding hydrogens is 272 g/mol. The topological polar surface area (TPSA) is 51.2 Å². The van der Waals surface area contributed by atoms with Gasteiger partial charge in [0.1, 0.15) is 0 Å². The second-order valence-corrected chi connectivity index (χ2v) is 5.62. The van der Waals surface area contributed by atoms with E-state index in [1.54, 1.807) is 36.4 Å². The van der Waals surface area contributed by atoms with Gasteiger partial charge in [-0.2, -0.15) is 0 Å². The summed E-state index contributed by atoms with van der Waals surface area (Å²) in [5.74, 6) is -0.325. The van der Waals surface area contributed by atoms with E-state index in [0.717, 1.165) is 4.88 Å². The maximum Gasteiger partial charge on any atom is 0.204 e. The number of thiophene rings is 1. The Labute approximate surface area is 119 Å². The van der Waals surface area contributed by atoms with E-state index in [1.165, 1.54) is 24.3 Å². The predicted molar refractivity (Wildman–Crippen MR) is 77.3 cm³/mol. The number of carbonyl (C=O) groups is 3. The maximum absolute atomic E-state index is 12.4. The molecule has 0 aliphatic heterocycles. The summed E-state index contributed by atoms with van der Waals surface area (Å²) in [4.78, 5) is 36.9. The highest BCUT2D eigenvalue weighted by molar-refractivity contribution is 7.15. The molecule has 4 heteroatoms. The molecule has 0 unspecified atom stereocenters. The summed E-state index contributed by atoms with van der Waals surface area (Å²) >= 11 is 1.24. The number of allylic oxidation sites excluding steroid dienone is 1. The summed E-state index contributed by atoms with van der Waals surface area (Å²) in [6, 6.07) is 8.51. The minimum atomic E-state index is -0.131. The van der Waals surface area contributed by atoms with Crippen molar-refractivity contribution in [2.24, 2.45) is 0 Å². The van der Waals surface area contributed by atoms with Crippen molar-refractivity contribution >= 4 is 34.8 Å². The number of carbonyl (C=O) groups excluding carboxylic acids is 3. The minimum Gasteiger partial charge on any atom is -0.295 e. The molecule has 0 amide bonds. The predicted octanol–water partition coefficient (Wildman–Crippen LogP) is 3.13. The molecule has 1 aliphatic carbocycles. The molecule has 20 heavy (non-hydrogen) atoms. The van der Waals surface area contributed by atoms with Crippen molar-refractivity contribution in [3.05, 3.63) is 62.9 Å². The monoisotopic (exact) mass is 282 g/mol. The van der Waals surface area contributed by atoms with Crippen molar-refractivity contribution in [3.63, 3.8) is 0 Å². The van der Waals surface area contributed by atoms with Gasteiger partial charge in [0, 0.05) is 21.6 Å². The van der Waals surface area contributed by atoms with Gasteiger partial charge in [-0.3, -0.25) is 14.4 Å². The van der Waals surface area contributed by atoms with Gasteiger partial charge >= 0.3 is 0 Å². The fourth-order valence-corrected chi connectivity index (χ4v) is 3.19. The second-order valence-electron chi connectivity index (χ2n) is 4.54. The zero-order valence-electron chi connectivity index (χ0n) is 10.7. The van der Waals surface area contributed by atoms with Crippen LogP contribution in [0.1, 0.15) is 43.0 Å². The summed E-state index contributed by atoms with van der Waals surface area (Å²) in [5.41, 5.74) is 1.33. The van der Waals surface area contributed by atoms with Gasteiger partial charge in [0.25, 0.3) is 0 Å². The fourth-order valence-electron chi connectivity index (χ4n) is 2.18. The molecule has 1 heterocycles. The fraction of sp³-hybridized carbons (Fsp3) is 0.0625. The highest BCUT2D eigenvalue weighted by Crippen LogP contribution is 2.33. The molecule has 3 rings (SSSR count). The first kappa shape index (κ1) is 12.7. The summed E-state index contributed by atoms with van der Waals surface area (Å²) < 4.78 is 0. The molecule has 1 aliphatic rings. The molecule has 0 bridgehead atoms. The van der Waals surface area contributed by atoms with Crippen LogP contribution in [0.25, 0.3) is 6.08 Å². The first-order valence-electron chi connectivity index (χ1n) is 6.09. The Balaban J connectivity index is 2.12. The molecule has 98 valence electrons. The van der Waals surface area contributed by atoms with Crippen LogP contribution in [-0.2, 0) is 4.79 Å². The lowest BCUT2D eigenvalue weighted by atomic mass is 9.89. The first-order chi connectivity index (χ1) is 9.58. The van der Waals surface area contributed by atoms with E-state index in [2.05, 4.69) is 0 Å². The number of fused-ring (bicyclic) bond motifs is 2. The van der Waals surface area contributed by atoms with Crippen molar-refractivity contribution in [3.8, 4) is 0 Å². The van der Waals surface area contributed by atoms with Gasteiger partial charge in [-0.1, -0.05) is 24.3 Å². The zero-order chi connectivity index (χ0) is 14.3. The third-order valence-electron chi connectivity index (χ3n) is 3.10. The molecule has 0 saturated heterocycles. The Kier molecular flexibility index (Phi) is 2.95. The number of rotatable bonds is 2. The van der Waals surface area contributed by atoms with E-state index < -0.39 is 0 Å². The van der Waals surface area contributed by atoms with Crippen LogP contribution in [0.3, 0.4) is 0 Å². The van der Waals surface area contributed by atoms with Crippen molar-refractivity contribution in [2.45, 2.75) is 6.92 Å². The molecule has 2 aromatic rings. The molecule has 0 N–H and O–H groups in total. The highest BCUT2D eigenvalue weighted by atomic mass is 32.1. The Morgan fingerprint density at radius 1 is 1.05 bits per heavy atom. The van der Waals surface area contributed by atoms with E-state index in [9.17, 15) is 14.4 Å². The Morgan fingerprint density at radius 2 is 1.70 bits per heavy atom. The normalized spacial score (nSPS) is 13.4. The Bertz CT molecular complexity index is 728. The lowest BCUT2D eigenvalue weighted by Gasteiger charge is -2.12. The van der Waals surface area contributed by atoms with Crippen LogP contribution in [0.15, 0.2) is 36.4 Å². The molecule has 0 fully saturated rings. The number of ketones is 3. The van der Waals surface area contributed by atoms with Crippen molar-refractivity contribution in [1.29, 1.82) is 0 Å². The van der Waals surface area contributed by atoms with Crippen LogP contribution in [0.5, 0.6) is 0 Å². The molecule has 1 aromatic heterocycles. The van der Waals surface area contributed by atoms with E-state index in [1.807, 2.05) is 0 Å². The first-order valence-corrected chi connectivity index (χ1v) is 6.90. The average Bonchev–Trinajstić information content (AvgIpc) is 2.87. The third kappa shape index (κ3) is 1.94. The van der Waals surface area contributed by atoms with Crippen molar-refractivity contribution < 1.29 is 14.4 Å². The van der Waals surface area contributed by atoms with Gasteiger partial charge in [0.05, 0.1) is 4.88 Å². The summed E-state index contributed by atoms with van der Waals surface area (Å²) in [6.45, 7) is 1.45. The van der Waals surface area contributed by atoms with Gasteiger partial charge in [-0.25, -0.2) is 0 Å². The SMILES string of the molecule is CC(=O)/C=C/c1cc2c(s1)C(=O)c1ccccc1C2=O. The van der Waals surface area contributed by atoms with Crippen molar-refractivity contribution in [2.75, 3.05) is 0 Å². The number of hydrogen-bond donors (Lipinski definition) is 0. The maximum atomic E-state index is 12.4. The van der Waals surface area contributed by atoms with Gasteiger partial charge in [-0.15, -0.1) is 11.3 Å². The van der Waals surface area contributed by atoms with E-state index in [0.29, 0.717) is 21.6 Å². The molecule has 1 aromatic carbocycles. The van der Waals surface area contributed by atoms with Crippen LogP contribution in [-0.4, -0.2) is 17.3 Å². The molecule has 3 nitrogen and oxygen atoms in total. The lowest BCUT2D eigenvalue weighted by Crippen LogP contribution is -2.18. The second kappa shape index (κ2) is 4.65. The molecular formula is C16H10O3S. The highest BCUT2D eigenvalue weighted by Gasteiger charge is 2.31. The molecule has 0 saturated carbocycles. The Hall–Kier alpha value is -2.33. The van der Waals surface area contributed by atoms with E-state index in [4.69, 9.17) is 0 Å². The van der Waals surface area contributed by atoms with Crippen LogP contribution < -0.4 is 0 Å². The zero-order valence-corrected chi connectivity index (χ0v) is 11.5. The van der Waals surface area contributed by atoms with Crippen LogP contribution >= 0.6 is 11.3 Å². The van der Waals surface area contributed by atoms with E-state index >= 15 is 0 Å². The van der Waals surface area contributed by atoms with Gasteiger partial charge in [-0.05, 0) is 25.1 Å². The lowest BCUT2D eigenvalue weighted by molar-refractivity contribution is -0.112. The average molecular weight is 282 g/mol. The molecule has 0 atom stereocenters. The standard InChI is InChI=1S/C16H10O3S/c1-9(17)6-7-10-8-13-14(18)11-4-2-3-5-12(11)15(19)16(13)20-10/h2-8H,1H3/b7-6+. The number of hydrogen-bond acceptors (Lipinski definition) is 4. The van der Waals surface area contributed by atoms with Gasteiger partial charge in [0.2, 0.25) is 5.78 Å². The minimum absolute atomic E-state index is 0.0719. The van der Waals surface area contributed by atoms with Crippen LogP contribution in [0.4, 0.5) is 0 Å². The molecule has 0 spiro atoms. The molecule has 0 radical (unpaired) electrons. The summed E-state index contributed by atoms with van der Waals surface area (Å²) in [7, 11) is 0. The Morgan fingerprint density at radius 3 is 2.35 bits per heavy atom. The van der Waals surface area contributed by atoms with Crippen molar-refractivity contribution in [1.82, 2.24) is 0 Å². The summed E-state index contributed by atoms with van der Waals surface area (Å²) in [5, 5.41) is 0. The largest absolute Gasteiger partial charge is 0.295 e. The van der Waals surface area contributed by atoms with Crippen LogP contribution in [0, 0.1) is 0 Å². The quantitative estimate of drug-likeness (QED) is 0.678. The van der Waals surface area contributed by atoms with E-state index in [-0.39, 0.29) is 17.3 Å². The van der Waals surface area contributed by atoms with Crippen LogP contribution in [0.2, 0.25) is 0 Å². The third-order valence-corrected chi connectivity index (χ3v) is 4.20. The number of benzene rings is 1. The smallest absolute Gasteiger partial charge is 0.204 e.